The second kappa shape index (κ2) is 8.94. The summed E-state index contributed by atoms with van der Waals surface area (Å²) in [6.45, 7) is 0.756. The molecule has 3 heterocycles. The molecule has 34 heavy (non-hydrogen) atoms. The van der Waals surface area contributed by atoms with Crippen molar-refractivity contribution >= 4 is 38.3 Å². The molecule has 0 radical (unpaired) electrons. The first-order chi connectivity index (χ1) is 16.5. The molecule has 10 nitrogen and oxygen atoms in total. The fourth-order valence-electron chi connectivity index (χ4n) is 3.56. The molecular formula is C23H18N4O6S. The molecule has 0 saturated heterocycles. The first kappa shape index (κ1) is 21.6. The minimum atomic E-state index is -0.442. The Labute approximate surface area is 197 Å². The third-order valence-corrected chi connectivity index (χ3v) is 6.25. The average Bonchev–Trinajstić information content (AvgIpc) is 3.50. The van der Waals surface area contributed by atoms with E-state index in [2.05, 4.69) is 15.3 Å². The molecule has 5 rings (SSSR count). The van der Waals surface area contributed by atoms with E-state index in [1.54, 1.807) is 24.3 Å². The maximum absolute atomic E-state index is 11.7. The number of aromatic nitrogens is 2. The molecule has 11 heteroatoms. The van der Waals surface area contributed by atoms with E-state index in [-0.39, 0.29) is 11.8 Å². The third kappa shape index (κ3) is 4.20. The molecular weight excluding hydrogens is 460 g/mol. The van der Waals surface area contributed by atoms with E-state index in [4.69, 9.17) is 14.2 Å². The van der Waals surface area contributed by atoms with Crippen molar-refractivity contribution in [2.24, 2.45) is 0 Å². The van der Waals surface area contributed by atoms with Crippen LogP contribution in [0.2, 0.25) is 0 Å². The largest absolute Gasteiger partial charge is 0.465 e. The number of hydrogen-bond donors (Lipinski definition) is 1. The molecule has 0 aliphatic carbocycles. The van der Waals surface area contributed by atoms with Crippen LogP contribution in [0.5, 0.6) is 11.5 Å². The van der Waals surface area contributed by atoms with Crippen LogP contribution in [0, 0.1) is 10.1 Å². The minimum absolute atomic E-state index is 0.0127. The minimum Gasteiger partial charge on any atom is -0.465 e. The highest BCUT2D eigenvalue weighted by Crippen LogP contribution is 2.36. The van der Waals surface area contributed by atoms with Crippen LogP contribution in [0.4, 0.5) is 10.8 Å². The summed E-state index contributed by atoms with van der Waals surface area (Å²) in [7, 11) is 1.32. The Balaban J connectivity index is 1.43. The smallest absolute Gasteiger partial charge is 0.337 e. The molecule has 0 atom stereocenters. The Morgan fingerprint density at radius 3 is 2.71 bits per heavy atom. The summed E-state index contributed by atoms with van der Waals surface area (Å²) in [4.78, 5) is 32.3. The number of methoxy groups -OCH3 is 1. The molecule has 0 spiro atoms. The molecule has 1 aliphatic rings. The number of nitro groups is 1. The number of rotatable bonds is 7. The van der Waals surface area contributed by atoms with Crippen LogP contribution < -0.4 is 14.8 Å². The summed E-state index contributed by atoms with van der Waals surface area (Å²) in [6.07, 6.45) is 0.678. The van der Waals surface area contributed by atoms with Gasteiger partial charge in [-0.3, -0.25) is 10.1 Å². The van der Waals surface area contributed by atoms with Crippen LogP contribution in [0.3, 0.4) is 0 Å². The molecule has 0 saturated carbocycles. The molecule has 0 amide bonds. The van der Waals surface area contributed by atoms with E-state index >= 15 is 0 Å². The van der Waals surface area contributed by atoms with Crippen molar-refractivity contribution in [3.05, 3.63) is 69.8 Å². The lowest BCUT2D eigenvalue weighted by atomic mass is 10.1. The monoisotopic (exact) mass is 478 g/mol. The number of thiophene rings is 1. The number of anilines is 1. The summed E-state index contributed by atoms with van der Waals surface area (Å²) in [5.74, 6) is 1.90. The van der Waals surface area contributed by atoms with Crippen molar-refractivity contribution < 1.29 is 23.9 Å². The fourth-order valence-corrected chi connectivity index (χ4v) is 4.40. The zero-order valence-electron chi connectivity index (χ0n) is 17.9. The number of fused-ring (bicyclic) bond motifs is 2. The second-order valence-electron chi connectivity index (χ2n) is 7.39. The van der Waals surface area contributed by atoms with Gasteiger partial charge in [0, 0.05) is 18.2 Å². The summed E-state index contributed by atoms with van der Waals surface area (Å²) in [5.41, 5.74) is 2.13. The molecule has 1 aliphatic heterocycles. The van der Waals surface area contributed by atoms with Crippen molar-refractivity contribution in [3.8, 4) is 22.9 Å². The highest BCUT2D eigenvalue weighted by Gasteiger charge is 2.19. The number of nitrogens with one attached hydrogen (secondary N) is 1. The number of ether oxygens (including phenoxy) is 3. The van der Waals surface area contributed by atoms with Gasteiger partial charge in [0.1, 0.15) is 10.6 Å². The third-order valence-electron chi connectivity index (χ3n) is 5.27. The number of esters is 1. The molecule has 172 valence electrons. The summed E-state index contributed by atoms with van der Waals surface area (Å²) in [6, 6.07) is 13.9. The van der Waals surface area contributed by atoms with Gasteiger partial charge in [-0.1, -0.05) is 18.2 Å². The summed E-state index contributed by atoms with van der Waals surface area (Å²) in [5, 5.41) is 15.2. The normalized spacial score (nSPS) is 12.0. The molecule has 2 aromatic carbocycles. The lowest BCUT2D eigenvalue weighted by Gasteiger charge is -2.10. The van der Waals surface area contributed by atoms with E-state index in [1.807, 2.05) is 18.2 Å². The van der Waals surface area contributed by atoms with Crippen molar-refractivity contribution in [3.63, 3.8) is 0 Å². The van der Waals surface area contributed by atoms with Crippen molar-refractivity contribution in [1.29, 1.82) is 0 Å². The predicted molar refractivity (Wildman–Crippen MR) is 126 cm³/mol. The van der Waals surface area contributed by atoms with Gasteiger partial charge in [0.2, 0.25) is 6.79 Å². The zero-order chi connectivity index (χ0) is 23.7. The number of carbonyl (C=O) groups excluding carboxylic acids is 1. The van der Waals surface area contributed by atoms with Crippen molar-refractivity contribution in [1.82, 2.24) is 9.97 Å². The van der Waals surface area contributed by atoms with Gasteiger partial charge >= 0.3 is 11.0 Å². The lowest BCUT2D eigenvalue weighted by molar-refractivity contribution is -0.380. The highest BCUT2D eigenvalue weighted by atomic mass is 32.1. The van der Waals surface area contributed by atoms with Gasteiger partial charge in [0.05, 0.1) is 23.0 Å². The Hall–Kier alpha value is -4.25. The van der Waals surface area contributed by atoms with E-state index in [0.717, 1.165) is 22.6 Å². The molecule has 2 aromatic heterocycles. The number of nitrogens with zero attached hydrogens (tertiary/aromatic N) is 3. The van der Waals surface area contributed by atoms with Gasteiger partial charge in [-0.15, -0.1) is 0 Å². The zero-order valence-corrected chi connectivity index (χ0v) is 18.8. The van der Waals surface area contributed by atoms with E-state index < -0.39 is 10.9 Å². The maximum atomic E-state index is 11.7. The first-order valence-electron chi connectivity index (χ1n) is 10.3. The van der Waals surface area contributed by atoms with E-state index in [0.29, 0.717) is 51.7 Å². The number of hydrogen-bond acceptors (Lipinski definition) is 10. The van der Waals surface area contributed by atoms with Gasteiger partial charge in [-0.2, -0.15) is 0 Å². The van der Waals surface area contributed by atoms with Gasteiger partial charge in [0.15, 0.2) is 17.3 Å². The second-order valence-corrected chi connectivity index (χ2v) is 8.40. The van der Waals surface area contributed by atoms with E-state index in [9.17, 15) is 14.9 Å². The number of benzene rings is 2. The van der Waals surface area contributed by atoms with Gasteiger partial charge in [0.25, 0.3) is 0 Å². The lowest BCUT2D eigenvalue weighted by Crippen LogP contribution is -2.08. The summed E-state index contributed by atoms with van der Waals surface area (Å²) >= 11 is 0.989. The topological polar surface area (TPSA) is 126 Å². The van der Waals surface area contributed by atoms with Crippen molar-refractivity contribution in [2.45, 2.75) is 6.42 Å². The van der Waals surface area contributed by atoms with E-state index in [1.165, 1.54) is 13.2 Å². The highest BCUT2D eigenvalue weighted by molar-refractivity contribution is 7.21. The van der Waals surface area contributed by atoms with Gasteiger partial charge < -0.3 is 19.5 Å². The van der Waals surface area contributed by atoms with Gasteiger partial charge in [-0.25, -0.2) is 14.8 Å². The maximum Gasteiger partial charge on any atom is 0.337 e. The standard InChI is InChI=1S/C23H18N4O6S/c1-31-23(28)15-5-3-14(4-6-15)20-25-21(16-11-19(27(29)30)34-22(16)26-20)24-9-8-13-2-7-17-18(10-13)33-12-32-17/h2-7,10-11H,8-9,12H2,1H3,(H,24,25,26). The average molecular weight is 478 g/mol. The van der Waals surface area contributed by atoms with Crippen molar-refractivity contribution in [2.75, 3.05) is 25.8 Å². The van der Waals surface area contributed by atoms with Crippen LogP contribution in [-0.2, 0) is 11.2 Å². The SMILES string of the molecule is COC(=O)c1ccc(-c2nc(NCCc3ccc4c(c3)OCO4)c3cc([N+](=O)[O-])sc3n2)cc1. The van der Waals surface area contributed by atoms with Crippen LogP contribution in [-0.4, -0.2) is 41.3 Å². The molecule has 0 fully saturated rings. The van der Waals surface area contributed by atoms with Crippen LogP contribution in [0.1, 0.15) is 15.9 Å². The molecule has 1 N–H and O–H groups in total. The Morgan fingerprint density at radius 1 is 1.15 bits per heavy atom. The van der Waals surface area contributed by atoms with Crippen LogP contribution >= 0.6 is 11.3 Å². The number of carbonyl (C=O) groups is 1. The quantitative estimate of drug-likeness (QED) is 0.233. The Morgan fingerprint density at radius 2 is 1.94 bits per heavy atom. The first-order valence-corrected chi connectivity index (χ1v) is 11.1. The van der Waals surface area contributed by atoms with Gasteiger partial charge in [-0.05, 0) is 47.6 Å². The molecule has 0 bridgehead atoms. The predicted octanol–water partition coefficient (Wildman–Crippen LogP) is 4.44. The summed E-state index contributed by atoms with van der Waals surface area (Å²) < 4.78 is 15.5. The molecule has 4 aromatic rings. The Bertz CT molecular complexity index is 1400. The van der Waals surface area contributed by atoms with Crippen LogP contribution in [0.15, 0.2) is 48.5 Å². The Kier molecular flexibility index (Phi) is 5.68. The molecule has 0 unspecified atom stereocenters. The van der Waals surface area contributed by atoms with Crippen LogP contribution in [0.25, 0.3) is 21.6 Å². The fraction of sp³-hybridized carbons (Fsp3) is 0.174.